The van der Waals surface area contributed by atoms with Gasteiger partial charge in [0.05, 0.1) is 0 Å². The minimum Gasteiger partial charge on any atom is -0.147 e. The number of rotatable bonds is 10. The predicted molar refractivity (Wildman–Crippen MR) is 99.8 cm³/mol. The number of hydrogen-bond donors (Lipinski definition) is 0. The maximum absolute atomic E-state index is 2.29. The van der Waals surface area contributed by atoms with E-state index >= 15 is 0 Å². The number of unbranched alkanes of at least 4 members (excludes halogenated alkanes) is 6. The Kier molecular flexibility index (Phi) is 64.8. The fraction of sp³-hybridized carbons (Fsp3) is 1.00. The van der Waals surface area contributed by atoms with Gasteiger partial charge in [-0.25, -0.2) is 0 Å². The third-order valence-corrected chi connectivity index (χ3v) is 4.16. The smallest absolute Gasteiger partial charge is 0.147 e. The van der Waals surface area contributed by atoms with Crippen LogP contribution < -0.4 is 0 Å². The van der Waals surface area contributed by atoms with E-state index in [0.717, 1.165) is 15.2 Å². The summed E-state index contributed by atoms with van der Waals surface area (Å²) in [6.45, 7) is 4.58. The predicted octanol–water partition coefficient (Wildman–Crippen LogP) is 5.62. The standard InChI is InChI=1S/2C6H13.CH3.2Al.3ClH.2H/c2*1-3-5-6-4-2;;;;;;;;/h2*1,3-6H2,2H3;1H3;;;3*1H;;. The van der Waals surface area contributed by atoms with Crippen LogP contribution in [0, 0.1) is 0 Å². The van der Waals surface area contributed by atoms with Gasteiger partial charge in [-0.05, 0) is 0 Å². The monoisotopic (exact) mass is 349 g/mol. The highest BCUT2D eigenvalue weighted by Crippen LogP contribution is 2.06. The zero-order valence-corrected chi connectivity index (χ0v) is 18.5. The second-order valence-corrected chi connectivity index (χ2v) is 5.72. The number of hydrogen-bond acceptors (Lipinski definition) is 0. The second kappa shape index (κ2) is 36.4. The normalized spacial score (nSPS) is 7.72. The van der Waals surface area contributed by atoms with E-state index in [1.807, 2.05) is 0 Å². The van der Waals surface area contributed by atoms with Crippen LogP contribution in [0.4, 0.5) is 0 Å². The summed E-state index contributed by atoms with van der Waals surface area (Å²) in [5.41, 5.74) is 0. The fourth-order valence-corrected chi connectivity index (χ4v) is 3.02. The van der Waals surface area contributed by atoms with Crippen LogP contribution in [0.25, 0.3) is 0 Å². The molecule has 0 fully saturated rings. The molecule has 0 aliphatic carbocycles. The molecule has 18 heavy (non-hydrogen) atoms. The van der Waals surface area contributed by atoms with Gasteiger partial charge in [0.2, 0.25) is 16.3 Å². The lowest BCUT2D eigenvalue weighted by atomic mass is 10.2. The van der Waals surface area contributed by atoms with Crippen LogP contribution in [0.2, 0.25) is 16.4 Å². The van der Waals surface area contributed by atoms with Crippen molar-refractivity contribution >= 4 is 68.7 Å². The van der Waals surface area contributed by atoms with Gasteiger partial charge in [-0.15, -0.1) is 53.6 Å². The third-order valence-electron chi connectivity index (χ3n) is 2.52. The van der Waals surface area contributed by atoms with Gasteiger partial charge in [-0.3, -0.25) is 0 Å². The van der Waals surface area contributed by atoms with Crippen molar-refractivity contribution < 1.29 is 0 Å². The number of halogens is 3. The van der Waals surface area contributed by atoms with Crippen molar-refractivity contribution in [1.82, 2.24) is 0 Å². The maximum Gasteiger partial charge on any atom is 0.207 e. The first-order valence-electron chi connectivity index (χ1n) is 7.23. The van der Waals surface area contributed by atoms with Crippen molar-refractivity contribution in [2.24, 2.45) is 0 Å². The summed E-state index contributed by atoms with van der Waals surface area (Å²) in [6.07, 6.45) is 11.7. The van der Waals surface area contributed by atoms with Gasteiger partial charge >= 0.3 is 0 Å². The van der Waals surface area contributed by atoms with Crippen molar-refractivity contribution in [1.29, 1.82) is 0 Å². The molecule has 0 bridgehead atoms. The van der Waals surface area contributed by atoms with E-state index in [-0.39, 0.29) is 37.2 Å². The topological polar surface area (TPSA) is 0 Å². The summed E-state index contributed by atoms with van der Waals surface area (Å²) in [6, 6.07) is 0. The van der Waals surface area contributed by atoms with Crippen LogP contribution in [0.15, 0.2) is 0 Å². The molecule has 0 amide bonds. The Morgan fingerprint density at radius 1 is 0.611 bits per heavy atom. The van der Waals surface area contributed by atoms with Crippen LogP contribution in [-0.2, 0) is 0 Å². The van der Waals surface area contributed by atoms with Gasteiger partial charge in [0, 0.05) is 0 Å². The van der Waals surface area contributed by atoms with E-state index in [2.05, 4.69) is 19.6 Å². The SMILES string of the molecule is CCCCC[CH2][Al][CH2]CCCCC.Cl.Cl.Cl.[CH3][AlH2]. The van der Waals surface area contributed by atoms with Gasteiger partial charge in [0.1, 0.15) is 0 Å². The molecule has 0 rings (SSSR count). The van der Waals surface area contributed by atoms with Crippen LogP contribution in [0.1, 0.15) is 65.2 Å². The highest BCUT2D eigenvalue weighted by molar-refractivity contribution is 6.35. The van der Waals surface area contributed by atoms with E-state index < -0.39 is 0 Å². The molecular weight excluding hydrogens is 316 g/mol. The van der Waals surface area contributed by atoms with Crippen LogP contribution in [0.5, 0.6) is 0 Å². The Bertz CT molecular complexity index is 86.3. The molecule has 0 N–H and O–H groups in total. The highest BCUT2D eigenvalue weighted by Gasteiger charge is 1.93. The van der Waals surface area contributed by atoms with E-state index in [1.165, 1.54) is 67.7 Å². The van der Waals surface area contributed by atoms with Gasteiger partial charge in [-0.1, -0.05) is 65.2 Å². The van der Waals surface area contributed by atoms with Gasteiger partial charge in [-0.2, -0.15) is 0 Å². The molecule has 0 aliphatic heterocycles. The molecular formula is C13H34Al2Cl3. The Morgan fingerprint density at radius 3 is 1.22 bits per heavy atom. The molecule has 5 heteroatoms. The first-order chi connectivity index (χ1) is 7.41. The third kappa shape index (κ3) is 36.1. The van der Waals surface area contributed by atoms with Crippen LogP contribution in [0.3, 0.4) is 0 Å². The summed E-state index contributed by atoms with van der Waals surface area (Å²) >= 11 is 2.11. The van der Waals surface area contributed by atoms with Crippen molar-refractivity contribution in [3.63, 3.8) is 0 Å². The fourth-order valence-electron chi connectivity index (χ4n) is 1.58. The Balaban J connectivity index is -0.000000107. The van der Waals surface area contributed by atoms with Gasteiger partial charge < -0.3 is 0 Å². The molecule has 0 aromatic carbocycles. The zero-order chi connectivity index (χ0) is 11.8. The average molecular weight is 351 g/mol. The van der Waals surface area contributed by atoms with Crippen molar-refractivity contribution in [3.05, 3.63) is 0 Å². The quantitative estimate of drug-likeness (QED) is 0.354. The molecule has 0 heterocycles. The molecule has 0 saturated carbocycles. The molecule has 0 aliphatic rings. The summed E-state index contributed by atoms with van der Waals surface area (Å²) < 4.78 is 0. The lowest BCUT2D eigenvalue weighted by Gasteiger charge is -1.99. The molecule has 0 aromatic heterocycles. The van der Waals surface area contributed by atoms with E-state index in [9.17, 15) is 0 Å². The minimum atomic E-state index is 0. The molecule has 0 nitrogen and oxygen atoms in total. The van der Waals surface area contributed by atoms with E-state index in [4.69, 9.17) is 0 Å². The first kappa shape index (κ1) is 32.0. The summed E-state index contributed by atoms with van der Waals surface area (Å²) in [5.74, 6) is 2.14. The summed E-state index contributed by atoms with van der Waals surface area (Å²) in [4.78, 5) is 0. The molecule has 113 valence electrons. The van der Waals surface area contributed by atoms with Crippen molar-refractivity contribution in [2.45, 2.75) is 81.6 Å². The summed E-state index contributed by atoms with van der Waals surface area (Å²) in [7, 11) is 0. The molecule has 0 aromatic rings. The molecule has 0 saturated heterocycles. The second-order valence-electron chi connectivity index (χ2n) is 3.99. The lowest BCUT2D eigenvalue weighted by Crippen LogP contribution is -1.89. The molecule has 0 spiro atoms. The maximum atomic E-state index is 2.29. The first-order valence-corrected chi connectivity index (χ1v) is 10.9. The molecule has 1 radical (unpaired) electrons. The van der Waals surface area contributed by atoms with Crippen molar-refractivity contribution in [3.8, 4) is 0 Å². The van der Waals surface area contributed by atoms with Crippen LogP contribution >= 0.6 is 37.2 Å². The van der Waals surface area contributed by atoms with Gasteiger partial charge in [0.25, 0.3) is 0 Å². The van der Waals surface area contributed by atoms with Crippen molar-refractivity contribution in [2.75, 3.05) is 0 Å². The Morgan fingerprint density at radius 2 is 0.944 bits per heavy atom. The van der Waals surface area contributed by atoms with Crippen LogP contribution in [-0.4, -0.2) is 31.5 Å². The zero-order valence-electron chi connectivity index (χ0n) is 12.9. The van der Waals surface area contributed by atoms with E-state index in [1.54, 1.807) is 10.6 Å². The Hall–Kier alpha value is 1.93. The largest absolute Gasteiger partial charge is 0.207 e. The highest BCUT2D eigenvalue weighted by atomic mass is 35.5. The minimum absolute atomic E-state index is 0. The van der Waals surface area contributed by atoms with E-state index in [0.29, 0.717) is 0 Å². The van der Waals surface area contributed by atoms with Gasteiger partial charge in [0.15, 0.2) is 15.2 Å². The molecule has 0 atom stereocenters. The lowest BCUT2D eigenvalue weighted by molar-refractivity contribution is 0.689. The summed E-state index contributed by atoms with van der Waals surface area (Å²) in [5, 5.41) is 3.12. The Labute approximate surface area is 149 Å². The molecule has 0 unspecified atom stereocenters. The average Bonchev–Trinajstić information content (AvgIpc) is 2.30.